The lowest BCUT2D eigenvalue weighted by atomic mass is 10.2. The van der Waals surface area contributed by atoms with Crippen molar-refractivity contribution in [1.82, 2.24) is 4.90 Å². The van der Waals surface area contributed by atoms with Crippen LogP contribution in [0.2, 0.25) is 0 Å². The molecule has 0 aliphatic heterocycles. The van der Waals surface area contributed by atoms with Crippen molar-refractivity contribution in [3.05, 3.63) is 23.8 Å². The molecule has 9 heteroatoms. The fraction of sp³-hybridized carbons (Fsp3) is 0.417. The van der Waals surface area contributed by atoms with Crippen molar-refractivity contribution in [2.24, 2.45) is 0 Å². The normalized spacial score (nSPS) is 12.2. The number of amides is 1. The molecule has 0 saturated carbocycles. The summed E-state index contributed by atoms with van der Waals surface area (Å²) >= 11 is 0. The van der Waals surface area contributed by atoms with Crippen molar-refractivity contribution in [3.8, 4) is 0 Å². The van der Waals surface area contributed by atoms with Gasteiger partial charge in [0.15, 0.2) is 9.84 Å². The van der Waals surface area contributed by atoms with Crippen LogP contribution in [0.1, 0.15) is 12.5 Å². The fourth-order valence-electron chi connectivity index (χ4n) is 1.53. The van der Waals surface area contributed by atoms with E-state index in [-0.39, 0.29) is 0 Å². The first-order valence-corrected chi connectivity index (χ1v) is 7.57. The molecule has 118 valence electrons. The van der Waals surface area contributed by atoms with Crippen molar-refractivity contribution in [2.75, 3.05) is 25.1 Å². The number of anilines is 1. The number of carbonyl (C=O) groups is 1. The lowest BCUT2D eigenvalue weighted by Crippen LogP contribution is -2.32. The molecule has 0 unspecified atom stereocenters. The molecule has 0 spiro atoms. The maximum absolute atomic E-state index is 12.5. The Morgan fingerprint density at radius 2 is 1.90 bits per heavy atom. The van der Waals surface area contributed by atoms with E-state index in [1.165, 1.54) is 11.9 Å². The second-order valence-corrected chi connectivity index (χ2v) is 6.38. The Morgan fingerprint density at radius 3 is 2.33 bits per heavy atom. The maximum Gasteiger partial charge on any atom is 0.416 e. The summed E-state index contributed by atoms with van der Waals surface area (Å²) in [5.74, 6) is -1.50. The van der Waals surface area contributed by atoms with Crippen LogP contribution < -0.4 is 5.73 Å². The number of hydrogen-bond donors (Lipinski definition) is 1. The average Bonchev–Trinajstić information content (AvgIpc) is 2.35. The number of benzene rings is 1. The van der Waals surface area contributed by atoms with Gasteiger partial charge in [0.05, 0.1) is 16.1 Å². The van der Waals surface area contributed by atoms with Crippen molar-refractivity contribution >= 4 is 21.4 Å². The lowest BCUT2D eigenvalue weighted by Gasteiger charge is -2.15. The number of nitrogens with zero attached hydrogens (tertiary/aromatic N) is 1. The summed E-state index contributed by atoms with van der Waals surface area (Å²) < 4.78 is 61.5. The van der Waals surface area contributed by atoms with Gasteiger partial charge in [-0.05, 0) is 25.1 Å². The van der Waals surface area contributed by atoms with E-state index >= 15 is 0 Å². The maximum atomic E-state index is 12.5. The number of carbonyl (C=O) groups excluding carboxylic acids is 1. The SMILES string of the molecule is CCN(C)C(=O)CS(=O)(=O)c1ccc(C(F)(F)F)cc1N. The third-order valence-electron chi connectivity index (χ3n) is 2.89. The first-order chi connectivity index (χ1) is 9.49. The molecule has 0 atom stereocenters. The van der Waals surface area contributed by atoms with Crippen molar-refractivity contribution < 1.29 is 26.4 Å². The van der Waals surface area contributed by atoms with Crippen molar-refractivity contribution in [1.29, 1.82) is 0 Å². The lowest BCUT2D eigenvalue weighted by molar-refractivity contribution is -0.137. The van der Waals surface area contributed by atoms with Crippen LogP contribution in [0.25, 0.3) is 0 Å². The minimum absolute atomic E-state index is 0.316. The first-order valence-electron chi connectivity index (χ1n) is 5.92. The number of nitrogen functional groups attached to an aromatic ring is 1. The molecule has 0 aliphatic rings. The van der Waals surface area contributed by atoms with Crippen LogP contribution in [-0.2, 0) is 20.8 Å². The Hall–Kier alpha value is -1.77. The van der Waals surface area contributed by atoms with Gasteiger partial charge >= 0.3 is 6.18 Å². The molecule has 1 amide bonds. The van der Waals surface area contributed by atoms with E-state index < -0.39 is 43.8 Å². The Morgan fingerprint density at radius 1 is 1.33 bits per heavy atom. The molecule has 2 N–H and O–H groups in total. The topological polar surface area (TPSA) is 80.5 Å². The number of rotatable bonds is 4. The molecule has 21 heavy (non-hydrogen) atoms. The molecule has 0 heterocycles. The highest BCUT2D eigenvalue weighted by atomic mass is 32.2. The van der Waals surface area contributed by atoms with E-state index in [0.717, 1.165) is 6.07 Å². The van der Waals surface area contributed by atoms with Crippen LogP contribution in [0.15, 0.2) is 23.1 Å². The highest BCUT2D eigenvalue weighted by Crippen LogP contribution is 2.32. The number of sulfone groups is 1. The van der Waals surface area contributed by atoms with Crippen molar-refractivity contribution in [2.45, 2.75) is 18.0 Å². The second kappa shape index (κ2) is 5.92. The molecule has 0 saturated heterocycles. The van der Waals surface area contributed by atoms with Gasteiger partial charge in [0.2, 0.25) is 5.91 Å². The molecule has 5 nitrogen and oxygen atoms in total. The summed E-state index contributed by atoms with van der Waals surface area (Å²) in [6.45, 7) is 1.98. The molecule has 0 fully saturated rings. The van der Waals surface area contributed by atoms with Crippen LogP contribution in [0.3, 0.4) is 0 Å². The summed E-state index contributed by atoms with van der Waals surface area (Å²) in [6.07, 6.45) is -4.62. The van der Waals surface area contributed by atoms with Crippen LogP contribution in [-0.4, -0.2) is 38.6 Å². The van der Waals surface area contributed by atoms with Crippen LogP contribution in [0.5, 0.6) is 0 Å². The Bertz CT molecular complexity index is 642. The third kappa shape index (κ3) is 4.10. The molecule has 0 bridgehead atoms. The number of halogens is 3. The monoisotopic (exact) mass is 324 g/mol. The van der Waals surface area contributed by atoms with Gasteiger partial charge in [-0.3, -0.25) is 4.79 Å². The number of alkyl halides is 3. The van der Waals surface area contributed by atoms with E-state index in [4.69, 9.17) is 5.73 Å². The van der Waals surface area contributed by atoms with Crippen LogP contribution in [0.4, 0.5) is 18.9 Å². The molecule has 1 aromatic carbocycles. The molecule has 1 rings (SSSR count). The molecule has 0 radical (unpaired) electrons. The molecule has 0 aromatic heterocycles. The number of nitrogens with two attached hydrogens (primary N) is 1. The Balaban J connectivity index is 3.13. The van der Waals surface area contributed by atoms with E-state index in [9.17, 15) is 26.4 Å². The largest absolute Gasteiger partial charge is 0.416 e. The highest BCUT2D eigenvalue weighted by molar-refractivity contribution is 7.92. The van der Waals surface area contributed by atoms with Gasteiger partial charge in [-0.25, -0.2) is 8.42 Å². The summed E-state index contributed by atoms with van der Waals surface area (Å²) in [5.41, 5.74) is 3.81. The molecule has 1 aromatic rings. The predicted molar refractivity (Wildman–Crippen MR) is 71.2 cm³/mol. The summed E-state index contributed by atoms with van der Waals surface area (Å²) in [7, 11) is -2.67. The minimum Gasteiger partial charge on any atom is -0.398 e. The number of hydrogen-bond acceptors (Lipinski definition) is 4. The molecule has 0 aliphatic carbocycles. The van der Waals surface area contributed by atoms with Gasteiger partial charge in [-0.2, -0.15) is 13.2 Å². The fourth-order valence-corrected chi connectivity index (χ4v) is 2.93. The van der Waals surface area contributed by atoms with E-state index in [1.54, 1.807) is 6.92 Å². The smallest absolute Gasteiger partial charge is 0.398 e. The van der Waals surface area contributed by atoms with Crippen LogP contribution >= 0.6 is 0 Å². The van der Waals surface area contributed by atoms with E-state index in [2.05, 4.69) is 0 Å². The van der Waals surface area contributed by atoms with Crippen molar-refractivity contribution in [3.63, 3.8) is 0 Å². The Labute approximate surface area is 120 Å². The van der Waals surface area contributed by atoms with Gasteiger partial charge in [0.25, 0.3) is 0 Å². The zero-order valence-electron chi connectivity index (χ0n) is 11.4. The third-order valence-corrected chi connectivity index (χ3v) is 4.55. The molecular formula is C12H15F3N2O3S. The minimum atomic E-state index is -4.62. The van der Waals surface area contributed by atoms with Gasteiger partial charge in [-0.15, -0.1) is 0 Å². The van der Waals surface area contributed by atoms with Gasteiger partial charge in [0.1, 0.15) is 5.75 Å². The van der Waals surface area contributed by atoms with Gasteiger partial charge in [-0.1, -0.05) is 0 Å². The predicted octanol–water partition coefficient (Wildman–Crippen LogP) is 1.54. The zero-order chi connectivity index (χ0) is 16.4. The van der Waals surface area contributed by atoms with Crippen LogP contribution in [0, 0.1) is 0 Å². The average molecular weight is 324 g/mol. The summed E-state index contributed by atoms with van der Waals surface area (Å²) in [6, 6.07) is 1.94. The van der Waals surface area contributed by atoms with E-state index in [1.807, 2.05) is 0 Å². The Kier molecular flexibility index (Phi) is 4.87. The van der Waals surface area contributed by atoms with Gasteiger partial charge in [0, 0.05) is 13.6 Å². The van der Waals surface area contributed by atoms with E-state index in [0.29, 0.717) is 18.7 Å². The summed E-state index contributed by atoms with van der Waals surface area (Å²) in [4.78, 5) is 12.3. The highest BCUT2D eigenvalue weighted by Gasteiger charge is 2.32. The summed E-state index contributed by atoms with van der Waals surface area (Å²) in [5, 5.41) is 0. The zero-order valence-corrected chi connectivity index (χ0v) is 12.3. The standard InChI is InChI=1S/C12H15F3N2O3S/c1-3-17(2)11(18)7-21(19,20)10-5-4-8(6-9(10)16)12(13,14)15/h4-6H,3,7,16H2,1-2H3. The second-order valence-electron chi connectivity index (χ2n) is 4.42. The quantitative estimate of drug-likeness (QED) is 0.852. The van der Waals surface area contributed by atoms with Gasteiger partial charge < -0.3 is 10.6 Å². The molecular weight excluding hydrogens is 309 g/mol. The first kappa shape index (κ1) is 17.3.